The second kappa shape index (κ2) is 5.34. The third kappa shape index (κ3) is 2.54. The molecule has 1 aromatic rings. The van der Waals surface area contributed by atoms with Gasteiger partial charge in [0.1, 0.15) is 5.82 Å². The molecule has 2 aliphatic rings. The van der Waals surface area contributed by atoms with Gasteiger partial charge in [0.2, 0.25) is 5.91 Å². The highest BCUT2D eigenvalue weighted by atomic mass is 35.5. The van der Waals surface area contributed by atoms with Gasteiger partial charge >= 0.3 is 0 Å². The molecular formula is C15H18ClFN2O. The summed E-state index contributed by atoms with van der Waals surface area (Å²) in [5.41, 5.74) is 6.34. The second-order valence-electron chi connectivity index (χ2n) is 5.75. The fraction of sp³-hybridized carbons (Fsp3) is 0.533. The third-order valence-corrected chi connectivity index (χ3v) is 4.66. The van der Waals surface area contributed by atoms with E-state index >= 15 is 0 Å². The Labute approximate surface area is 122 Å². The minimum absolute atomic E-state index is 0.0631. The molecule has 1 saturated carbocycles. The van der Waals surface area contributed by atoms with Gasteiger partial charge in [-0.15, -0.1) is 0 Å². The molecule has 0 radical (unpaired) electrons. The van der Waals surface area contributed by atoms with Crippen molar-refractivity contribution >= 4 is 17.5 Å². The fourth-order valence-corrected chi connectivity index (χ4v) is 3.31. The van der Waals surface area contributed by atoms with E-state index in [1.165, 1.54) is 6.07 Å². The number of piperidine rings is 1. The Hall–Kier alpha value is -1.13. The summed E-state index contributed by atoms with van der Waals surface area (Å²) < 4.78 is 13.8. The van der Waals surface area contributed by atoms with E-state index in [9.17, 15) is 9.18 Å². The highest BCUT2D eigenvalue weighted by molar-refractivity contribution is 6.31. The van der Waals surface area contributed by atoms with Crippen LogP contribution in [0.25, 0.3) is 0 Å². The summed E-state index contributed by atoms with van der Waals surface area (Å²) in [5, 5.41) is 0.422. The molecule has 0 aromatic heterocycles. The Balaban J connectivity index is 1.68. The highest BCUT2D eigenvalue weighted by Crippen LogP contribution is 2.51. The minimum Gasteiger partial charge on any atom is -0.342 e. The number of nitrogens with zero attached hydrogens (tertiary/aromatic N) is 1. The fourth-order valence-electron chi connectivity index (χ4n) is 3.01. The van der Waals surface area contributed by atoms with Crippen molar-refractivity contribution in [3.05, 3.63) is 34.6 Å². The molecule has 2 N–H and O–H groups in total. The maximum Gasteiger partial charge on any atom is 0.226 e. The van der Waals surface area contributed by atoms with Crippen LogP contribution in [0.1, 0.15) is 30.7 Å². The molecule has 3 nitrogen and oxygen atoms in total. The van der Waals surface area contributed by atoms with Crippen LogP contribution in [0.15, 0.2) is 18.2 Å². The summed E-state index contributed by atoms with van der Waals surface area (Å²) in [5.74, 6) is -0.356. The second-order valence-corrected chi connectivity index (χ2v) is 6.15. The largest absolute Gasteiger partial charge is 0.342 e. The first-order valence-corrected chi connectivity index (χ1v) is 7.44. The van der Waals surface area contributed by atoms with Crippen molar-refractivity contribution in [2.75, 3.05) is 13.1 Å². The normalized spacial score (nSPS) is 26.6. The number of carbonyl (C=O) groups excluding carboxylic acids is 1. The summed E-state index contributed by atoms with van der Waals surface area (Å²) in [6.45, 7) is 1.43. The summed E-state index contributed by atoms with van der Waals surface area (Å²) in [4.78, 5) is 14.3. The van der Waals surface area contributed by atoms with Crippen molar-refractivity contribution in [1.82, 2.24) is 4.90 Å². The lowest BCUT2D eigenvalue weighted by molar-refractivity contribution is -0.133. The Morgan fingerprint density at radius 1 is 1.35 bits per heavy atom. The number of benzene rings is 1. The molecule has 2 fully saturated rings. The molecule has 1 aromatic carbocycles. The van der Waals surface area contributed by atoms with Crippen molar-refractivity contribution in [1.29, 1.82) is 0 Å². The van der Waals surface area contributed by atoms with Gasteiger partial charge in [-0.3, -0.25) is 4.79 Å². The number of amides is 1. The zero-order valence-corrected chi connectivity index (χ0v) is 11.9. The highest BCUT2D eigenvalue weighted by Gasteiger charge is 2.48. The van der Waals surface area contributed by atoms with Crippen LogP contribution in [0.2, 0.25) is 5.02 Å². The maximum absolute atomic E-state index is 13.8. The molecule has 1 aliphatic heterocycles. The van der Waals surface area contributed by atoms with Crippen molar-refractivity contribution in [3.63, 3.8) is 0 Å². The van der Waals surface area contributed by atoms with E-state index in [0.29, 0.717) is 30.1 Å². The molecule has 1 amide bonds. The van der Waals surface area contributed by atoms with E-state index in [4.69, 9.17) is 17.3 Å². The summed E-state index contributed by atoms with van der Waals surface area (Å²) in [7, 11) is 0. The topological polar surface area (TPSA) is 46.3 Å². The van der Waals surface area contributed by atoms with Gasteiger partial charge in [-0.1, -0.05) is 17.7 Å². The molecule has 3 rings (SSSR count). The van der Waals surface area contributed by atoms with Gasteiger partial charge in [-0.2, -0.15) is 0 Å². The maximum atomic E-state index is 13.8. The predicted octanol–water partition coefficient (Wildman–Crippen LogP) is 2.53. The quantitative estimate of drug-likeness (QED) is 0.911. The van der Waals surface area contributed by atoms with Gasteiger partial charge in [0.25, 0.3) is 0 Å². The van der Waals surface area contributed by atoms with Crippen molar-refractivity contribution in [2.24, 2.45) is 11.7 Å². The van der Waals surface area contributed by atoms with Crippen LogP contribution in [-0.4, -0.2) is 29.9 Å². The number of hydrogen-bond acceptors (Lipinski definition) is 2. The van der Waals surface area contributed by atoms with Crippen LogP contribution < -0.4 is 5.73 Å². The first kappa shape index (κ1) is 13.8. The lowest BCUT2D eigenvalue weighted by atomic mass is 10.0. The first-order valence-electron chi connectivity index (χ1n) is 7.06. The monoisotopic (exact) mass is 296 g/mol. The molecule has 108 valence electrons. The molecule has 0 bridgehead atoms. The molecule has 20 heavy (non-hydrogen) atoms. The van der Waals surface area contributed by atoms with E-state index in [0.717, 1.165) is 12.8 Å². The number of carbonyl (C=O) groups is 1. The number of nitrogens with two attached hydrogens (primary N) is 1. The molecule has 1 aliphatic carbocycles. The van der Waals surface area contributed by atoms with Crippen LogP contribution >= 0.6 is 11.6 Å². The number of rotatable bonds is 2. The van der Waals surface area contributed by atoms with E-state index in [2.05, 4.69) is 0 Å². The van der Waals surface area contributed by atoms with Crippen LogP contribution in [0.5, 0.6) is 0 Å². The zero-order valence-electron chi connectivity index (χ0n) is 11.2. The summed E-state index contributed by atoms with van der Waals surface area (Å²) >= 11 is 6.06. The lowest BCUT2D eigenvalue weighted by Gasteiger charge is -2.30. The van der Waals surface area contributed by atoms with Gasteiger partial charge < -0.3 is 10.6 Å². The van der Waals surface area contributed by atoms with Crippen molar-refractivity contribution in [2.45, 2.75) is 31.2 Å². The van der Waals surface area contributed by atoms with E-state index in [1.807, 2.05) is 4.90 Å². The number of likely N-dealkylation sites (tertiary alicyclic amines) is 1. The lowest BCUT2D eigenvalue weighted by Crippen LogP contribution is -2.43. The molecule has 1 saturated heterocycles. The van der Waals surface area contributed by atoms with Crippen LogP contribution in [-0.2, 0) is 4.79 Å². The molecule has 1 heterocycles. The SMILES string of the molecule is NC1CCN(C(=O)C2CC2c2c(F)cccc2Cl)CC1. The van der Waals surface area contributed by atoms with Crippen molar-refractivity contribution < 1.29 is 9.18 Å². The Kier molecular flexibility index (Phi) is 3.69. The van der Waals surface area contributed by atoms with E-state index in [-0.39, 0.29) is 29.6 Å². The number of hydrogen-bond donors (Lipinski definition) is 1. The van der Waals surface area contributed by atoms with Gasteiger partial charge in [0.15, 0.2) is 0 Å². The first-order chi connectivity index (χ1) is 9.58. The smallest absolute Gasteiger partial charge is 0.226 e. The predicted molar refractivity (Wildman–Crippen MR) is 76.0 cm³/mol. The van der Waals surface area contributed by atoms with Gasteiger partial charge in [0.05, 0.1) is 0 Å². The van der Waals surface area contributed by atoms with Gasteiger partial charge in [-0.25, -0.2) is 4.39 Å². The van der Waals surface area contributed by atoms with E-state index < -0.39 is 0 Å². The third-order valence-electron chi connectivity index (χ3n) is 4.33. The Bertz CT molecular complexity index is 508. The van der Waals surface area contributed by atoms with Crippen LogP contribution in [0.3, 0.4) is 0 Å². The van der Waals surface area contributed by atoms with Gasteiger partial charge in [-0.05, 0) is 31.4 Å². The average molecular weight is 297 g/mol. The summed E-state index contributed by atoms with van der Waals surface area (Å²) in [6.07, 6.45) is 2.40. The van der Waals surface area contributed by atoms with E-state index in [1.54, 1.807) is 12.1 Å². The zero-order chi connectivity index (χ0) is 14.3. The van der Waals surface area contributed by atoms with Crippen LogP contribution in [0, 0.1) is 11.7 Å². The van der Waals surface area contributed by atoms with Crippen LogP contribution in [0.4, 0.5) is 4.39 Å². The minimum atomic E-state index is -0.307. The standard InChI is InChI=1S/C15H18ClFN2O/c16-12-2-1-3-13(17)14(12)10-8-11(10)15(20)19-6-4-9(18)5-7-19/h1-3,9-11H,4-8,18H2. The van der Waals surface area contributed by atoms with Crippen molar-refractivity contribution in [3.8, 4) is 0 Å². The average Bonchev–Trinajstić information content (AvgIpc) is 3.19. The molecule has 2 unspecified atom stereocenters. The molecule has 2 atom stereocenters. The molecule has 0 spiro atoms. The Morgan fingerprint density at radius 2 is 2.05 bits per heavy atom. The molecular weight excluding hydrogens is 279 g/mol. The number of halogens is 2. The molecule has 5 heteroatoms. The van der Waals surface area contributed by atoms with Gasteiger partial charge in [0, 0.05) is 41.6 Å². The summed E-state index contributed by atoms with van der Waals surface area (Å²) in [6, 6.07) is 4.88. The Morgan fingerprint density at radius 3 is 2.70 bits per heavy atom.